The molecule has 0 heterocycles. The third kappa shape index (κ3) is 9.31. The molecule has 0 saturated carbocycles. The van der Waals surface area contributed by atoms with E-state index < -0.39 is 5.97 Å². The third-order valence-corrected chi connectivity index (χ3v) is 1.82. The monoisotopic (exact) mass is 245 g/mol. The summed E-state index contributed by atoms with van der Waals surface area (Å²) in [6.45, 7) is 2.19. The maximum absolute atomic E-state index is 11.2. The molecule has 2 amide bonds. The fourth-order valence-corrected chi connectivity index (χ4v) is 1.02. The van der Waals surface area contributed by atoms with Crippen molar-refractivity contribution in [1.29, 1.82) is 0 Å². The summed E-state index contributed by atoms with van der Waals surface area (Å²) in [5, 5.41) is 4.96. The second kappa shape index (κ2) is 9.59. The maximum atomic E-state index is 11.2. The van der Waals surface area contributed by atoms with E-state index in [-0.39, 0.29) is 31.3 Å². The molecule has 0 bridgehead atoms. The van der Waals surface area contributed by atoms with Gasteiger partial charge in [-0.15, -0.1) is 0 Å². The van der Waals surface area contributed by atoms with Crippen LogP contribution < -0.4 is 16.4 Å². The summed E-state index contributed by atoms with van der Waals surface area (Å²) >= 11 is 0. The van der Waals surface area contributed by atoms with Gasteiger partial charge < -0.3 is 21.1 Å². The highest BCUT2D eigenvalue weighted by Crippen LogP contribution is 1.87. The average Bonchev–Trinajstić information content (AvgIpc) is 2.32. The van der Waals surface area contributed by atoms with Crippen LogP contribution in [-0.4, -0.2) is 44.0 Å². The Morgan fingerprint density at radius 1 is 1.18 bits per heavy atom. The molecule has 0 rings (SSSR count). The van der Waals surface area contributed by atoms with Crippen molar-refractivity contribution in [2.24, 2.45) is 5.73 Å². The Balaban J connectivity index is 3.47. The van der Waals surface area contributed by atoms with E-state index in [2.05, 4.69) is 15.4 Å². The number of esters is 1. The van der Waals surface area contributed by atoms with Crippen molar-refractivity contribution in [2.75, 3.05) is 26.2 Å². The Morgan fingerprint density at radius 2 is 1.88 bits per heavy atom. The zero-order valence-corrected chi connectivity index (χ0v) is 9.95. The molecule has 17 heavy (non-hydrogen) atoms. The molecule has 0 aromatic rings. The molecule has 0 spiro atoms. The summed E-state index contributed by atoms with van der Waals surface area (Å²) in [7, 11) is 0. The highest BCUT2D eigenvalue weighted by atomic mass is 16.5. The number of amides is 2. The summed E-state index contributed by atoms with van der Waals surface area (Å²) in [6.07, 6.45) is 0.741. The molecule has 0 fully saturated rings. The Morgan fingerprint density at radius 3 is 2.47 bits per heavy atom. The van der Waals surface area contributed by atoms with Crippen molar-refractivity contribution in [1.82, 2.24) is 10.6 Å². The maximum Gasteiger partial charge on any atom is 0.325 e. The van der Waals surface area contributed by atoms with Gasteiger partial charge in [0.25, 0.3) is 0 Å². The van der Waals surface area contributed by atoms with E-state index in [9.17, 15) is 14.4 Å². The predicted octanol–water partition coefficient (Wildman–Crippen LogP) is -1.48. The molecular weight excluding hydrogens is 226 g/mol. The van der Waals surface area contributed by atoms with Gasteiger partial charge >= 0.3 is 5.97 Å². The van der Waals surface area contributed by atoms with Crippen molar-refractivity contribution in [3.63, 3.8) is 0 Å². The van der Waals surface area contributed by atoms with Crippen LogP contribution in [0, 0.1) is 0 Å². The van der Waals surface area contributed by atoms with Crippen LogP contribution in [0.5, 0.6) is 0 Å². The highest BCUT2D eigenvalue weighted by molar-refractivity contribution is 5.82. The largest absolute Gasteiger partial charge is 0.465 e. The van der Waals surface area contributed by atoms with Gasteiger partial charge in [0.15, 0.2) is 0 Å². The van der Waals surface area contributed by atoms with Crippen LogP contribution in [0.1, 0.15) is 19.8 Å². The van der Waals surface area contributed by atoms with E-state index in [1.54, 1.807) is 6.92 Å². The Bertz CT molecular complexity index is 268. The molecule has 98 valence electrons. The fraction of sp³-hybridized carbons (Fsp3) is 0.700. The summed E-state index contributed by atoms with van der Waals surface area (Å²) in [5.41, 5.74) is 5.08. The lowest BCUT2D eigenvalue weighted by atomic mass is 10.3. The van der Waals surface area contributed by atoms with Crippen LogP contribution in [0.4, 0.5) is 0 Å². The molecular formula is C10H19N3O4. The quantitative estimate of drug-likeness (QED) is 0.357. The Labute approximate surface area is 100 Å². The SMILES string of the molecule is CCOC(=O)CNC(=O)CCCNC(=O)CN. The van der Waals surface area contributed by atoms with E-state index in [0.717, 1.165) is 0 Å². The van der Waals surface area contributed by atoms with Gasteiger partial charge in [0.2, 0.25) is 11.8 Å². The molecule has 7 nitrogen and oxygen atoms in total. The molecule has 0 aromatic heterocycles. The first kappa shape index (κ1) is 15.4. The minimum atomic E-state index is -0.461. The van der Waals surface area contributed by atoms with E-state index >= 15 is 0 Å². The average molecular weight is 245 g/mol. The Hall–Kier alpha value is -1.63. The van der Waals surface area contributed by atoms with Crippen LogP contribution in [0.25, 0.3) is 0 Å². The zero-order valence-electron chi connectivity index (χ0n) is 9.95. The number of carbonyl (C=O) groups is 3. The van der Waals surface area contributed by atoms with Crippen molar-refractivity contribution in [3.8, 4) is 0 Å². The van der Waals surface area contributed by atoms with E-state index in [4.69, 9.17) is 5.73 Å². The van der Waals surface area contributed by atoms with Gasteiger partial charge in [-0.05, 0) is 13.3 Å². The fourth-order valence-electron chi connectivity index (χ4n) is 1.02. The molecule has 0 aliphatic rings. The molecule has 4 N–H and O–H groups in total. The lowest BCUT2D eigenvalue weighted by Crippen LogP contribution is -2.33. The van der Waals surface area contributed by atoms with Gasteiger partial charge in [0.1, 0.15) is 6.54 Å². The predicted molar refractivity (Wildman–Crippen MR) is 60.9 cm³/mol. The number of nitrogens with one attached hydrogen (secondary N) is 2. The summed E-state index contributed by atoms with van der Waals surface area (Å²) in [5.74, 6) is -0.964. The number of nitrogens with two attached hydrogens (primary N) is 1. The molecule has 0 radical (unpaired) electrons. The van der Waals surface area contributed by atoms with Crippen LogP contribution in [-0.2, 0) is 19.1 Å². The number of carbonyl (C=O) groups excluding carboxylic acids is 3. The molecule has 0 unspecified atom stereocenters. The first-order valence-corrected chi connectivity index (χ1v) is 5.49. The minimum absolute atomic E-state index is 0.0605. The number of hydrogen-bond donors (Lipinski definition) is 3. The highest BCUT2D eigenvalue weighted by Gasteiger charge is 2.05. The molecule has 0 aromatic carbocycles. The molecule has 0 saturated heterocycles. The normalized spacial score (nSPS) is 9.53. The van der Waals surface area contributed by atoms with E-state index in [0.29, 0.717) is 19.6 Å². The summed E-state index contributed by atoms with van der Waals surface area (Å²) in [6, 6.07) is 0. The summed E-state index contributed by atoms with van der Waals surface area (Å²) in [4.78, 5) is 32.9. The lowest BCUT2D eigenvalue weighted by molar-refractivity contribution is -0.143. The van der Waals surface area contributed by atoms with E-state index in [1.165, 1.54) is 0 Å². The Kier molecular flexibility index (Phi) is 8.67. The van der Waals surface area contributed by atoms with Gasteiger partial charge in [0, 0.05) is 13.0 Å². The van der Waals surface area contributed by atoms with Crippen molar-refractivity contribution >= 4 is 17.8 Å². The number of ether oxygens (including phenoxy) is 1. The van der Waals surface area contributed by atoms with Crippen molar-refractivity contribution in [2.45, 2.75) is 19.8 Å². The van der Waals surface area contributed by atoms with E-state index in [1.807, 2.05) is 0 Å². The number of hydrogen-bond acceptors (Lipinski definition) is 5. The topological polar surface area (TPSA) is 111 Å². The van der Waals surface area contributed by atoms with Crippen LogP contribution in [0.3, 0.4) is 0 Å². The molecule has 0 aliphatic carbocycles. The number of rotatable bonds is 8. The standard InChI is InChI=1S/C10H19N3O4/c1-2-17-10(16)7-13-8(14)4-3-5-12-9(15)6-11/h2-7,11H2,1H3,(H,12,15)(H,13,14). The second-order valence-corrected chi connectivity index (χ2v) is 3.24. The van der Waals surface area contributed by atoms with Gasteiger partial charge in [-0.25, -0.2) is 0 Å². The molecule has 0 aliphatic heterocycles. The van der Waals surface area contributed by atoms with Gasteiger partial charge in [-0.2, -0.15) is 0 Å². The zero-order chi connectivity index (χ0) is 13.1. The van der Waals surface area contributed by atoms with Crippen LogP contribution in [0.2, 0.25) is 0 Å². The third-order valence-electron chi connectivity index (χ3n) is 1.82. The molecule has 7 heteroatoms. The van der Waals surface area contributed by atoms with Gasteiger partial charge in [-0.3, -0.25) is 14.4 Å². The first-order valence-electron chi connectivity index (χ1n) is 5.49. The first-order chi connectivity index (χ1) is 8.10. The minimum Gasteiger partial charge on any atom is -0.465 e. The molecule has 0 atom stereocenters. The summed E-state index contributed by atoms with van der Waals surface area (Å²) < 4.78 is 4.64. The second-order valence-electron chi connectivity index (χ2n) is 3.24. The lowest BCUT2D eigenvalue weighted by Gasteiger charge is -2.05. The smallest absolute Gasteiger partial charge is 0.325 e. The van der Waals surface area contributed by atoms with Crippen LogP contribution in [0.15, 0.2) is 0 Å². The van der Waals surface area contributed by atoms with Gasteiger partial charge in [-0.1, -0.05) is 0 Å². The van der Waals surface area contributed by atoms with Gasteiger partial charge in [0.05, 0.1) is 13.2 Å². The van der Waals surface area contributed by atoms with Crippen molar-refractivity contribution < 1.29 is 19.1 Å². The van der Waals surface area contributed by atoms with Crippen LogP contribution >= 0.6 is 0 Å². The van der Waals surface area contributed by atoms with Crippen molar-refractivity contribution in [3.05, 3.63) is 0 Å².